The van der Waals surface area contributed by atoms with Crippen LogP contribution in [-0.2, 0) is 10.8 Å². The maximum Gasteiger partial charge on any atom is 0.0551 e. The van der Waals surface area contributed by atoms with Crippen molar-refractivity contribution < 1.29 is 4.21 Å². The van der Waals surface area contributed by atoms with Gasteiger partial charge in [-0.05, 0) is 12.0 Å². The SMILES string of the molecule is C=CC1=C(/C=C\CC)C(N)CS1=O. The maximum atomic E-state index is 11.5. The van der Waals surface area contributed by atoms with Crippen molar-refractivity contribution in [2.75, 3.05) is 5.75 Å². The molecule has 13 heavy (non-hydrogen) atoms. The minimum Gasteiger partial charge on any atom is -0.323 e. The molecule has 1 aliphatic rings. The lowest BCUT2D eigenvalue weighted by Crippen LogP contribution is -2.22. The highest BCUT2D eigenvalue weighted by molar-refractivity contribution is 7.89. The van der Waals surface area contributed by atoms with Crippen LogP contribution in [0.1, 0.15) is 13.3 Å². The van der Waals surface area contributed by atoms with Crippen molar-refractivity contribution in [1.29, 1.82) is 0 Å². The van der Waals surface area contributed by atoms with Gasteiger partial charge in [0.25, 0.3) is 0 Å². The van der Waals surface area contributed by atoms with E-state index in [4.69, 9.17) is 5.73 Å². The molecule has 0 aromatic heterocycles. The molecule has 0 fully saturated rings. The summed E-state index contributed by atoms with van der Waals surface area (Å²) in [7, 11) is -0.939. The summed E-state index contributed by atoms with van der Waals surface area (Å²) in [4.78, 5) is 0.803. The van der Waals surface area contributed by atoms with Crippen molar-refractivity contribution in [3.8, 4) is 0 Å². The Morgan fingerprint density at radius 1 is 1.77 bits per heavy atom. The molecule has 0 saturated carbocycles. The first kappa shape index (κ1) is 10.4. The summed E-state index contributed by atoms with van der Waals surface area (Å²) < 4.78 is 11.5. The molecule has 2 unspecified atom stereocenters. The van der Waals surface area contributed by atoms with Crippen LogP contribution in [0, 0.1) is 0 Å². The molecule has 0 aromatic rings. The third-order valence-corrected chi connectivity index (χ3v) is 3.53. The van der Waals surface area contributed by atoms with E-state index in [1.165, 1.54) is 0 Å². The van der Waals surface area contributed by atoms with Crippen LogP contribution >= 0.6 is 0 Å². The van der Waals surface area contributed by atoms with E-state index in [9.17, 15) is 4.21 Å². The van der Waals surface area contributed by atoms with Crippen LogP contribution in [0.15, 0.2) is 35.3 Å². The first-order chi connectivity index (χ1) is 6.20. The van der Waals surface area contributed by atoms with E-state index in [2.05, 4.69) is 13.5 Å². The predicted octanol–water partition coefficient (Wildman–Crippen LogP) is 1.48. The number of hydrogen-bond donors (Lipinski definition) is 1. The van der Waals surface area contributed by atoms with Crippen LogP contribution in [-0.4, -0.2) is 16.0 Å². The molecule has 1 rings (SSSR count). The molecule has 0 radical (unpaired) electrons. The number of allylic oxidation sites excluding steroid dienone is 2. The molecule has 0 saturated heterocycles. The summed E-state index contributed by atoms with van der Waals surface area (Å²) >= 11 is 0. The van der Waals surface area contributed by atoms with E-state index in [0.29, 0.717) is 5.75 Å². The molecular formula is C10H15NOS. The van der Waals surface area contributed by atoms with Gasteiger partial charge >= 0.3 is 0 Å². The summed E-state index contributed by atoms with van der Waals surface area (Å²) in [6, 6.07) is -0.0865. The highest BCUT2D eigenvalue weighted by Gasteiger charge is 2.24. The zero-order valence-corrected chi connectivity index (χ0v) is 8.64. The Morgan fingerprint density at radius 3 is 3.00 bits per heavy atom. The fourth-order valence-electron chi connectivity index (χ4n) is 1.32. The first-order valence-electron chi connectivity index (χ1n) is 4.37. The van der Waals surface area contributed by atoms with Gasteiger partial charge in [0.1, 0.15) is 0 Å². The molecule has 0 bridgehead atoms. The van der Waals surface area contributed by atoms with Crippen molar-refractivity contribution in [3.05, 3.63) is 35.3 Å². The Morgan fingerprint density at radius 2 is 2.46 bits per heavy atom. The van der Waals surface area contributed by atoms with Crippen molar-refractivity contribution >= 4 is 10.8 Å². The molecule has 1 heterocycles. The second-order valence-electron chi connectivity index (χ2n) is 2.95. The average Bonchev–Trinajstić information content (AvgIpc) is 2.37. The minimum atomic E-state index is -0.939. The lowest BCUT2D eigenvalue weighted by atomic mass is 10.1. The van der Waals surface area contributed by atoms with Crippen molar-refractivity contribution in [2.45, 2.75) is 19.4 Å². The van der Waals surface area contributed by atoms with Crippen LogP contribution in [0.5, 0.6) is 0 Å². The van der Waals surface area contributed by atoms with Gasteiger partial charge in [-0.2, -0.15) is 0 Å². The summed E-state index contributed by atoms with van der Waals surface area (Å²) in [6.45, 7) is 5.70. The molecule has 2 atom stereocenters. The predicted molar refractivity (Wildman–Crippen MR) is 57.6 cm³/mol. The zero-order valence-electron chi connectivity index (χ0n) is 7.82. The van der Waals surface area contributed by atoms with Crippen molar-refractivity contribution in [3.63, 3.8) is 0 Å². The summed E-state index contributed by atoms with van der Waals surface area (Å²) in [5, 5.41) is 0. The third-order valence-electron chi connectivity index (χ3n) is 1.98. The highest BCUT2D eigenvalue weighted by Crippen LogP contribution is 2.23. The summed E-state index contributed by atoms with van der Waals surface area (Å²) in [6.07, 6.45) is 6.61. The van der Waals surface area contributed by atoms with Gasteiger partial charge in [0.2, 0.25) is 0 Å². The normalized spacial score (nSPS) is 28.8. The van der Waals surface area contributed by atoms with Gasteiger partial charge in [-0.1, -0.05) is 31.7 Å². The molecule has 3 heteroatoms. The molecular weight excluding hydrogens is 182 g/mol. The van der Waals surface area contributed by atoms with Crippen LogP contribution in [0.25, 0.3) is 0 Å². The van der Waals surface area contributed by atoms with Gasteiger partial charge in [0.15, 0.2) is 0 Å². The topological polar surface area (TPSA) is 43.1 Å². The van der Waals surface area contributed by atoms with E-state index >= 15 is 0 Å². The van der Waals surface area contributed by atoms with Gasteiger partial charge in [0.05, 0.1) is 10.8 Å². The average molecular weight is 197 g/mol. The van der Waals surface area contributed by atoms with E-state index in [1.807, 2.05) is 12.2 Å². The summed E-state index contributed by atoms with van der Waals surface area (Å²) in [5.41, 5.74) is 6.81. The Bertz CT molecular complexity index is 291. The van der Waals surface area contributed by atoms with Gasteiger partial charge in [-0.25, -0.2) is 0 Å². The highest BCUT2D eigenvalue weighted by atomic mass is 32.2. The standard InChI is InChI=1S/C10H15NOS/c1-3-5-6-8-9(11)7-13(12)10(8)4-2/h4-6,9H,2-3,7,11H2,1H3/b6-5-. The Kier molecular flexibility index (Phi) is 3.63. The molecule has 0 aromatic carbocycles. The van der Waals surface area contributed by atoms with E-state index in [-0.39, 0.29) is 6.04 Å². The minimum absolute atomic E-state index is 0.0865. The maximum absolute atomic E-state index is 11.5. The van der Waals surface area contributed by atoms with E-state index < -0.39 is 10.8 Å². The van der Waals surface area contributed by atoms with Crippen LogP contribution < -0.4 is 5.73 Å². The quantitative estimate of drug-likeness (QED) is 0.744. The molecule has 0 amide bonds. The van der Waals surface area contributed by atoms with Crippen LogP contribution in [0.3, 0.4) is 0 Å². The number of hydrogen-bond acceptors (Lipinski definition) is 2. The van der Waals surface area contributed by atoms with Crippen molar-refractivity contribution in [2.24, 2.45) is 5.73 Å². The van der Waals surface area contributed by atoms with Crippen LogP contribution in [0.4, 0.5) is 0 Å². The monoisotopic (exact) mass is 197 g/mol. The van der Waals surface area contributed by atoms with E-state index in [1.54, 1.807) is 6.08 Å². The Balaban J connectivity index is 2.98. The van der Waals surface area contributed by atoms with Gasteiger partial charge in [0, 0.05) is 16.7 Å². The number of rotatable bonds is 3. The lowest BCUT2D eigenvalue weighted by molar-refractivity contribution is 0.687. The first-order valence-corrected chi connectivity index (χ1v) is 5.69. The number of nitrogens with two attached hydrogens (primary N) is 1. The largest absolute Gasteiger partial charge is 0.323 e. The Labute approximate surface area is 81.7 Å². The fourth-order valence-corrected chi connectivity index (χ4v) is 2.67. The zero-order chi connectivity index (χ0) is 9.84. The smallest absolute Gasteiger partial charge is 0.0551 e. The molecule has 2 N–H and O–H groups in total. The third kappa shape index (κ3) is 2.17. The second-order valence-corrected chi connectivity index (χ2v) is 4.42. The second kappa shape index (κ2) is 4.53. The van der Waals surface area contributed by atoms with Gasteiger partial charge in [-0.3, -0.25) is 4.21 Å². The molecule has 0 spiro atoms. The van der Waals surface area contributed by atoms with E-state index in [0.717, 1.165) is 16.9 Å². The molecule has 0 aliphatic carbocycles. The van der Waals surface area contributed by atoms with Gasteiger partial charge < -0.3 is 5.73 Å². The molecule has 1 aliphatic heterocycles. The molecule has 2 nitrogen and oxygen atoms in total. The van der Waals surface area contributed by atoms with Crippen molar-refractivity contribution in [1.82, 2.24) is 0 Å². The summed E-state index contributed by atoms with van der Waals surface area (Å²) in [5.74, 6) is 0.532. The molecule has 72 valence electrons. The Hall–Kier alpha value is -0.670. The van der Waals surface area contributed by atoms with Gasteiger partial charge in [-0.15, -0.1) is 0 Å². The fraction of sp³-hybridized carbons (Fsp3) is 0.400. The lowest BCUT2D eigenvalue weighted by Gasteiger charge is -2.01. The van der Waals surface area contributed by atoms with Crippen LogP contribution in [0.2, 0.25) is 0 Å².